The molecule has 2 aromatic carbocycles. The highest BCUT2D eigenvalue weighted by Gasteiger charge is 2.24. The minimum atomic E-state index is 0.273. The first-order valence-corrected chi connectivity index (χ1v) is 7.58. The summed E-state index contributed by atoms with van der Waals surface area (Å²) in [6.07, 6.45) is 2.96. The first-order chi connectivity index (χ1) is 10.3. The summed E-state index contributed by atoms with van der Waals surface area (Å²) in [6.45, 7) is 2.85. The molecule has 0 spiro atoms. The summed E-state index contributed by atoms with van der Waals surface area (Å²) in [5, 5.41) is 13.4. The second kappa shape index (κ2) is 6.08. The molecule has 0 bridgehead atoms. The van der Waals surface area contributed by atoms with Crippen molar-refractivity contribution in [2.75, 3.05) is 11.9 Å². The molecule has 0 aromatic heterocycles. The first-order valence-electron chi connectivity index (χ1n) is 7.58. The number of phenolic OH excluding ortho intramolecular Hbond substituents is 1. The van der Waals surface area contributed by atoms with Gasteiger partial charge in [0, 0.05) is 5.69 Å². The SMILES string of the molecule is CCCOc1ccc(NC2CCc3c(O)cccc32)cc1. The maximum atomic E-state index is 9.89. The number of phenols is 1. The molecule has 0 heterocycles. The van der Waals surface area contributed by atoms with Crippen LogP contribution < -0.4 is 10.1 Å². The zero-order chi connectivity index (χ0) is 14.7. The third-order valence-electron chi connectivity index (χ3n) is 3.91. The Labute approximate surface area is 125 Å². The summed E-state index contributed by atoms with van der Waals surface area (Å²) < 4.78 is 5.59. The lowest BCUT2D eigenvalue weighted by Crippen LogP contribution is -2.06. The summed E-state index contributed by atoms with van der Waals surface area (Å²) >= 11 is 0. The highest BCUT2D eigenvalue weighted by molar-refractivity contribution is 5.52. The molecule has 1 atom stereocenters. The van der Waals surface area contributed by atoms with E-state index in [9.17, 15) is 5.11 Å². The van der Waals surface area contributed by atoms with E-state index in [0.717, 1.165) is 42.9 Å². The number of hydrogen-bond donors (Lipinski definition) is 2. The number of anilines is 1. The predicted octanol–water partition coefficient (Wildman–Crippen LogP) is 4.28. The van der Waals surface area contributed by atoms with Crippen LogP contribution in [0.3, 0.4) is 0 Å². The van der Waals surface area contributed by atoms with E-state index in [1.807, 2.05) is 30.3 Å². The van der Waals surface area contributed by atoms with Gasteiger partial charge in [-0.1, -0.05) is 19.1 Å². The van der Waals surface area contributed by atoms with Crippen molar-refractivity contribution >= 4 is 5.69 Å². The van der Waals surface area contributed by atoms with Crippen molar-refractivity contribution in [2.24, 2.45) is 0 Å². The molecule has 0 amide bonds. The number of fused-ring (bicyclic) bond motifs is 1. The van der Waals surface area contributed by atoms with Gasteiger partial charge in [0.05, 0.1) is 12.6 Å². The highest BCUT2D eigenvalue weighted by atomic mass is 16.5. The molecule has 110 valence electrons. The van der Waals surface area contributed by atoms with Gasteiger partial charge >= 0.3 is 0 Å². The van der Waals surface area contributed by atoms with Crippen LogP contribution in [0.4, 0.5) is 5.69 Å². The molecular weight excluding hydrogens is 262 g/mol. The molecule has 1 aliphatic rings. The van der Waals surface area contributed by atoms with Crippen LogP contribution in [0.25, 0.3) is 0 Å². The van der Waals surface area contributed by atoms with Crippen molar-refractivity contribution in [1.82, 2.24) is 0 Å². The average Bonchev–Trinajstić information content (AvgIpc) is 2.91. The molecule has 1 unspecified atom stereocenters. The third-order valence-corrected chi connectivity index (χ3v) is 3.91. The maximum absolute atomic E-state index is 9.89. The van der Waals surface area contributed by atoms with Crippen LogP contribution in [-0.2, 0) is 6.42 Å². The fraction of sp³-hybridized carbons (Fsp3) is 0.333. The van der Waals surface area contributed by atoms with Crippen molar-refractivity contribution in [3.8, 4) is 11.5 Å². The van der Waals surface area contributed by atoms with Crippen LogP contribution in [0.15, 0.2) is 42.5 Å². The van der Waals surface area contributed by atoms with E-state index < -0.39 is 0 Å². The number of ether oxygens (including phenoxy) is 1. The van der Waals surface area contributed by atoms with Gasteiger partial charge in [-0.3, -0.25) is 0 Å². The van der Waals surface area contributed by atoms with Crippen molar-refractivity contribution in [3.05, 3.63) is 53.6 Å². The summed E-state index contributed by atoms with van der Waals surface area (Å²) in [7, 11) is 0. The van der Waals surface area contributed by atoms with Crippen molar-refractivity contribution in [2.45, 2.75) is 32.2 Å². The summed E-state index contributed by atoms with van der Waals surface area (Å²) in [5.74, 6) is 1.33. The van der Waals surface area contributed by atoms with Crippen LogP contribution in [0.1, 0.15) is 36.9 Å². The molecule has 0 saturated carbocycles. The third kappa shape index (κ3) is 2.97. The van der Waals surface area contributed by atoms with Crippen molar-refractivity contribution in [1.29, 1.82) is 0 Å². The Morgan fingerprint density at radius 2 is 2.00 bits per heavy atom. The zero-order valence-electron chi connectivity index (χ0n) is 12.3. The molecule has 2 N–H and O–H groups in total. The zero-order valence-corrected chi connectivity index (χ0v) is 12.3. The average molecular weight is 283 g/mol. The fourth-order valence-electron chi connectivity index (χ4n) is 2.85. The molecule has 0 saturated heterocycles. The van der Waals surface area contributed by atoms with E-state index in [1.54, 1.807) is 6.07 Å². The monoisotopic (exact) mass is 283 g/mol. The standard InChI is InChI=1S/C18H21NO2/c1-2-12-21-14-8-6-13(7-9-14)19-17-11-10-16-15(17)4-3-5-18(16)20/h3-9,17,19-20H,2,10-12H2,1H3. The van der Waals surface area contributed by atoms with Crippen LogP contribution in [-0.4, -0.2) is 11.7 Å². The largest absolute Gasteiger partial charge is 0.508 e. The van der Waals surface area contributed by atoms with Crippen molar-refractivity contribution in [3.63, 3.8) is 0 Å². The maximum Gasteiger partial charge on any atom is 0.119 e. The molecule has 0 radical (unpaired) electrons. The van der Waals surface area contributed by atoms with E-state index in [-0.39, 0.29) is 6.04 Å². The number of rotatable bonds is 5. The molecule has 3 nitrogen and oxygen atoms in total. The molecule has 3 heteroatoms. The molecule has 3 rings (SSSR count). The Morgan fingerprint density at radius 1 is 1.19 bits per heavy atom. The Hall–Kier alpha value is -2.16. The molecule has 21 heavy (non-hydrogen) atoms. The molecule has 1 aliphatic carbocycles. The first kappa shape index (κ1) is 13.8. The van der Waals surface area contributed by atoms with Gasteiger partial charge in [0.15, 0.2) is 0 Å². The van der Waals surface area contributed by atoms with E-state index in [0.29, 0.717) is 5.75 Å². The number of nitrogens with one attached hydrogen (secondary N) is 1. The van der Waals surface area contributed by atoms with E-state index in [1.165, 1.54) is 5.56 Å². The van der Waals surface area contributed by atoms with Gasteiger partial charge in [-0.15, -0.1) is 0 Å². The van der Waals surface area contributed by atoms with Gasteiger partial charge in [0.1, 0.15) is 11.5 Å². The fourth-order valence-corrected chi connectivity index (χ4v) is 2.85. The molecule has 0 fully saturated rings. The summed E-state index contributed by atoms with van der Waals surface area (Å²) in [4.78, 5) is 0. The predicted molar refractivity (Wildman–Crippen MR) is 85.0 cm³/mol. The van der Waals surface area contributed by atoms with E-state index in [2.05, 4.69) is 18.3 Å². The van der Waals surface area contributed by atoms with Crippen LogP contribution >= 0.6 is 0 Å². The minimum Gasteiger partial charge on any atom is -0.508 e. The van der Waals surface area contributed by atoms with Gasteiger partial charge in [0.25, 0.3) is 0 Å². The van der Waals surface area contributed by atoms with Gasteiger partial charge in [-0.2, -0.15) is 0 Å². The van der Waals surface area contributed by atoms with Crippen LogP contribution in [0.5, 0.6) is 11.5 Å². The quantitative estimate of drug-likeness (QED) is 0.860. The van der Waals surface area contributed by atoms with Gasteiger partial charge in [0.2, 0.25) is 0 Å². The lowest BCUT2D eigenvalue weighted by atomic mass is 10.1. The topological polar surface area (TPSA) is 41.5 Å². The number of benzene rings is 2. The Kier molecular flexibility index (Phi) is 4.00. The summed E-state index contributed by atoms with van der Waals surface area (Å²) in [6, 6.07) is 14.1. The normalized spacial score (nSPS) is 16.5. The van der Waals surface area contributed by atoms with Crippen LogP contribution in [0, 0.1) is 0 Å². The number of aromatic hydroxyl groups is 1. The number of hydrogen-bond acceptors (Lipinski definition) is 3. The minimum absolute atomic E-state index is 0.273. The van der Waals surface area contributed by atoms with Gasteiger partial charge < -0.3 is 15.2 Å². The smallest absolute Gasteiger partial charge is 0.119 e. The lowest BCUT2D eigenvalue weighted by Gasteiger charge is -2.16. The van der Waals surface area contributed by atoms with E-state index in [4.69, 9.17) is 4.74 Å². The second-order valence-corrected chi connectivity index (χ2v) is 5.45. The summed E-state index contributed by atoms with van der Waals surface area (Å²) in [5.41, 5.74) is 3.37. The molecule has 2 aromatic rings. The van der Waals surface area contributed by atoms with E-state index >= 15 is 0 Å². The van der Waals surface area contributed by atoms with Gasteiger partial charge in [-0.25, -0.2) is 0 Å². The van der Waals surface area contributed by atoms with Crippen molar-refractivity contribution < 1.29 is 9.84 Å². The lowest BCUT2D eigenvalue weighted by molar-refractivity contribution is 0.317. The second-order valence-electron chi connectivity index (χ2n) is 5.45. The molecule has 0 aliphatic heterocycles. The Balaban J connectivity index is 1.70. The molecular formula is C18H21NO2. The highest BCUT2D eigenvalue weighted by Crippen LogP contribution is 2.38. The van der Waals surface area contributed by atoms with Gasteiger partial charge in [-0.05, 0) is 60.7 Å². The van der Waals surface area contributed by atoms with Crippen LogP contribution in [0.2, 0.25) is 0 Å². The Morgan fingerprint density at radius 3 is 2.76 bits per heavy atom. The Bertz CT molecular complexity index is 607.